The molecule has 1 heterocycles. The molecule has 0 saturated carbocycles. The molecular formula is C16H24ClNO2S. The lowest BCUT2D eigenvalue weighted by atomic mass is 9.94. The fourth-order valence-corrected chi connectivity index (χ4v) is 4.90. The fourth-order valence-electron chi connectivity index (χ4n) is 2.99. The van der Waals surface area contributed by atoms with E-state index in [1.165, 1.54) is 12.8 Å². The molecule has 2 rings (SSSR count). The summed E-state index contributed by atoms with van der Waals surface area (Å²) < 4.78 is 27.3. The summed E-state index contributed by atoms with van der Waals surface area (Å²) in [6, 6.07) is 5.44. The Morgan fingerprint density at radius 1 is 1.29 bits per heavy atom. The molecule has 21 heavy (non-hydrogen) atoms. The molecule has 0 radical (unpaired) electrons. The number of nitrogens with zero attached hydrogens (tertiary/aromatic N) is 1. The number of piperidine rings is 1. The van der Waals surface area contributed by atoms with Gasteiger partial charge in [-0.15, -0.1) is 11.6 Å². The van der Waals surface area contributed by atoms with E-state index >= 15 is 0 Å². The zero-order valence-corrected chi connectivity index (χ0v) is 14.4. The maximum absolute atomic E-state index is 12.8. The minimum absolute atomic E-state index is 0.335. The van der Waals surface area contributed by atoms with Gasteiger partial charge in [0.05, 0.1) is 4.90 Å². The van der Waals surface area contributed by atoms with Crippen LogP contribution in [0.1, 0.15) is 43.7 Å². The topological polar surface area (TPSA) is 37.4 Å². The first-order valence-electron chi connectivity index (χ1n) is 7.64. The second-order valence-corrected chi connectivity index (χ2v) is 8.04. The van der Waals surface area contributed by atoms with Crippen molar-refractivity contribution in [2.45, 2.75) is 50.3 Å². The van der Waals surface area contributed by atoms with Crippen molar-refractivity contribution in [3.63, 3.8) is 0 Å². The van der Waals surface area contributed by atoms with Crippen LogP contribution in [0.5, 0.6) is 0 Å². The number of halogens is 1. The SMILES string of the molecule is CCCC1CCN(S(=O)(=O)c2cc(CCl)ccc2C)CC1. The highest BCUT2D eigenvalue weighted by Gasteiger charge is 2.30. The molecule has 0 bridgehead atoms. The molecule has 1 aliphatic rings. The maximum atomic E-state index is 12.8. The molecule has 5 heteroatoms. The second kappa shape index (κ2) is 7.12. The molecule has 0 atom stereocenters. The van der Waals surface area contributed by atoms with Crippen molar-refractivity contribution in [1.29, 1.82) is 0 Å². The number of benzene rings is 1. The molecule has 0 spiro atoms. The summed E-state index contributed by atoms with van der Waals surface area (Å²) in [4.78, 5) is 0.412. The Labute approximate surface area is 133 Å². The van der Waals surface area contributed by atoms with Crippen LogP contribution in [0.2, 0.25) is 0 Å². The summed E-state index contributed by atoms with van der Waals surface area (Å²) in [5, 5.41) is 0. The van der Waals surface area contributed by atoms with Gasteiger partial charge in [-0.2, -0.15) is 4.31 Å². The van der Waals surface area contributed by atoms with E-state index in [-0.39, 0.29) is 0 Å². The highest BCUT2D eigenvalue weighted by molar-refractivity contribution is 7.89. The third-order valence-corrected chi connectivity index (χ3v) is 6.64. The van der Waals surface area contributed by atoms with Gasteiger partial charge in [0.15, 0.2) is 0 Å². The van der Waals surface area contributed by atoms with E-state index in [1.807, 2.05) is 19.1 Å². The molecule has 118 valence electrons. The molecule has 0 aromatic heterocycles. The van der Waals surface area contributed by atoms with Gasteiger partial charge in [0.1, 0.15) is 0 Å². The summed E-state index contributed by atoms with van der Waals surface area (Å²) in [6.07, 6.45) is 4.32. The van der Waals surface area contributed by atoms with Gasteiger partial charge in [0, 0.05) is 19.0 Å². The van der Waals surface area contributed by atoms with Gasteiger partial charge in [0.2, 0.25) is 10.0 Å². The van der Waals surface area contributed by atoms with E-state index in [4.69, 9.17) is 11.6 Å². The van der Waals surface area contributed by atoms with Gasteiger partial charge in [0.25, 0.3) is 0 Å². The van der Waals surface area contributed by atoms with Crippen molar-refractivity contribution in [3.8, 4) is 0 Å². The van der Waals surface area contributed by atoms with E-state index in [0.717, 1.165) is 24.0 Å². The first-order valence-corrected chi connectivity index (χ1v) is 9.62. The largest absolute Gasteiger partial charge is 0.243 e. The summed E-state index contributed by atoms with van der Waals surface area (Å²) in [5.41, 5.74) is 1.64. The Morgan fingerprint density at radius 3 is 2.52 bits per heavy atom. The molecule has 1 aromatic rings. The molecule has 1 aromatic carbocycles. The minimum Gasteiger partial charge on any atom is -0.207 e. The minimum atomic E-state index is -3.39. The second-order valence-electron chi connectivity index (χ2n) is 5.87. The normalized spacial score (nSPS) is 18.0. The molecule has 3 nitrogen and oxygen atoms in total. The van der Waals surface area contributed by atoms with Crippen LogP contribution >= 0.6 is 11.6 Å². The van der Waals surface area contributed by atoms with Crippen LogP contribution in [0.25, 0.3) is 0 Å². The van der Waals surface area contributed by atoms with Gasteiger partial charge >= 0.3 is 0 Å². The maximum Gasteiger partial charge on any atom is 0.243 e. The number of hydrogen-bond donors (Lipinski definition) is 0. The van der Waals surface area contributed by atoms with Crippen LogP contribution < -0.4 is 0 Å². The monoisotopic (exact) mass is 329 g/mol. The molecule has 1 saturated heterocycles. The summed E-state index contributed by atoms with van der Waals surface area (Å²) in [7, 11) is -3.39. The number of hydrogen-bond acceptors (Lipinski definition) is 2. The van der Waals surface area contributed by atoms with Crippen molar-refractivity contribution >= 4 is 21.6 Å². The third kappa shape index (κ3) is 3.79. The zero-order chi connectivity index (χ0) is 15.5. The Balaban J connectivity index is 2.19. The molecule has 1 fully saturated rings. The molecule has 0 N–H and O–H groups in total. The van der Waals surface area contributed by atoms with Gasteiger partial charge in [-0.25, -0.2) is 8.42 Å². The predicted molar refractivity (Wildman–Crippen MR) is 87.1 cm³/mol. The Hall–Kier alpha value is -0.580. The first-order chi connectivity index (χ1) is 9.98. The van der Waals surface area contributed by atoms with Crippen LogP contribution in [0.3, 0.4) is 0 Å². The van der Waals surface area contributed by atoms with Crippen molar-refractivity contribution < 1.29 is 8.42 Å². The van der Waals surface area contributed by atoms with Crippen LogP contribution in [0.4, 0.5) is 0 Å². The number of sulfonamides is 1. The predicted octanol–water partition coefficient (Wildman–Crippen LogP) is 3.93. The Bertz CT molecular complexity index is 578. The van der Waals surface area contributed by atoms with Gasteiger partial charge in [-0.3, -0.25) is 0 Å². The zero-order valence-electron chi connectivity index (χ0n) is 12.8. The molecule has 0 amide bonds. The van der Waals surface area contributed by atoms with Crippen molar-refractivity contribution in [2.24, 2.45) is 5.92 Å². The highest BCUT2D eigenvalue weighted by atomic mass is 35.5. The van der Waals surface area contributed by atoms with Crippen molar-refractivity contribution in [1.82, 2.24) is 4.31 Å². The number of rotatable bonds is 5. The first kappa shape index (κ1) is 16.8. The average Bonchev–Trinajstić information content (AvgIpc) is 2.48. The fraction of sp³-hybridized carbons (Fsp3) is 0.625. The Morgan fingerprint density at radius 2 is 1.95 bits per heavy atom. The molecular weight excluding hydrogens is 306 g/mol. The van der Waals surface area contributed by atoms with E-state index in [1.54, 1.807) is 10.4 Å². The van der Waals surface area contributed by atoms with E-state index in [0.29, 0.717) is 29.8 Å². The van der Waals surface area contributed by atoms with Crippen LogP contribution in [-0.2, 0) is 15.9 Å². The summed E-state index contributed by atoms with van der Waals surface area (Å²) >= 11 is 5.83. The van der Waals surface area contributed by atoms with Crippen LogP contribution in [0.15, 0.2) is 23.1 Å². The molecule has 1 aliphatic heterocycles. The van der Waals surface area contributed by atoms with Crippen LogP contribution in [-0.4, -0.2) is 25.8 Å². The highest BCUT2D eigenvalue weighted by Crippen LogP contribution is 2.28. The van der Waals surface area contributed by atoms with Gasteiger partial charge < -0.3 is 0 Å². The molecule has 0 aliphatic carbocycles. The standard InChI is InChI=1S/C16H24ClNO2S/c1-3-4-14-7-9-18(10-8-14)21(19,20)16-11-15(12-17)6-5-13(16)2/h5-6,11,14H,3-4,7-10,12H2,1-2H3. The smallest absolute Gasteiger partial charge is 0.207 e. The molecule has 0 unspecified atom stereocenters. The van der Waals surface area contributed by atoms with Gasteiger partial charge in [-0.05, 0) is 42.9 Å². The lowest BCUT2D eigenvalue weighted by Gasteiger charge is -2.31. The average molecular weight is 330 g/mol. The van der Waals surface area contributed by atoms with Crippen molar-refractivity contribution in [3.05, 3.63) is 29.3 Å². The van der Waals surface area contributed by atoms with E-state index < -0.39 is 10.0 Å². The lowest BCUT2D eigenvalue weighted by Crippen LogP contribution is -2.38. The lowest BCUT2D eigenvalue weighted by molar-refractivity contribution is 0.262. The Kier molecular flexibility index (Phi) is 5.69. The number of alkyl halides is 1. The van der Waals surface area contributed by atoms with E-state index in [2.05, 4.69) is 6.92 Å². The summed E-state index contributed by atoms with van der Waals surface area (Å²) in [6.45, 7) is 5.30. The van der Waals surface area contributed by atoms with E-state index in [9.17, 15) is 8.42 Å². The number of aryl methyl sites for hydroxylation is 1. The van der Waals surface area contributed by atoms with Crippen molar-refractivity contribution in [2.75, 3.05) is 13.1 Å². The quantitative estimate of drug-likeness (QED) is 0.767. The van der Waals surface area contributed by atoms with Crippen LogP contribution in [0, 0.1) is 12.8 Å². The third-order valence-electron chi connectivity index (χ3n) is 4.30. The summed E-state index contributed by atoms with van der Waals surface area (Å²) in [5.74, 6) is 1.01. The van der Waals surface area contributed by atoms with Gasteiger partial charge in [-0.1, -0.05) is 31.9 Å².